The van der Waals surface area contributed by atoms with E-state index in [4.69, 9.17) is 5.73 Å². The Balaban J connectivity index is 2.09. The van der Waals surface area contributed by atoms with Crippen molar-refractivity contribution in [2.24, 2.45) is 18.7 Å². The predicted molar refractivity (Wildman–Crippen MR) is 75.6 cm³/mol. The van der Waals surface area contributed by atoms with Gasteiger partial charge >= 0.3 is 0 Å². The number of nitrogens with one attached hydrogen (secondary N) is 1. The third kappa shape index (κ3) is 1.74. The molecule has 1 aliphatic rings. The number of fused-ring (bicyclic) bond motifs is 1. The van der Waals surface area contributed by atoms with Crippen molar-refractivity contribution in [3.05, 3.63) is 35.5 Å². The maximum absolute atomic E-state index is 5.88. The first kappa shape index (κ1) is 11.8. The fourth-order valence-corrected chi connectivity index (χ4v) is 3.15. The number of rotatable bonds is 2. The molecule has 1 fully saturated rings. The van der Waals surface area contributed by atoms with E-state index in [-0.39, 0.29) is 0 Å². The van der Waals surface area contributed by atoms with Crippen LogP contribution in [0.15, 0.2) is 24.3 Å². The van der Waals surface area contributed by atoms with E-state index in [1.54, 1.807) is 0 Å². The lowest BCUT2D eigenvalue weighted by atomic mass is 9.98. The lowest BCUT2D eigenvalue weighted by molar-refractivity contribution is 0.455. The van der Waals surface area contributed by atoms with Crippen molar-refractivity contribution in [1.29, 1.82) is 0 Å². The number of nitrogens with zero attached hydrogens (tertiary/aromatic N) is 1. The Morgan fingerprint density at radius 1 is 1.39 bits per heavy atom. The fourth-order valence-electron chi connectivity index (χ4n) is 3.15. The Kier molecular flexibility index (Phi) is 2.88. The third-order valence-electron chi connectivity index (χ3n) is 4.21. The van der Waals surface area contributed by atoms with Crippen LogP contribution in [0.4, 0.5) is 0 Å². The summed E-state index contributed by atoms with van der Waals surface area (Å²) in [5, 5.41) is 4.92. The highest BCUT2D eigenvalue weighted by molar-refractivity contribution is 5.82. The Labute approximate surface area is 108 Å². The summed E-state index contributed by atoms with van der Waals surface area (Å²) in [6, 6.07) is 9.36. The van der Waals surface area contributed by atoms with Crippen LogP contribution in [-0.4, -0.2) is 17.7 Å². The summed E-state index contributed by atoms with van der Waals surface area (Å²) in [5.41, 5.74) is 9.86. The Hall–Kier alpha value is -1.32. The molecule has 1 aromatic carbocycles. The minimum Gasteiger partial charge on any atom is -0.346 e. The molecule has 1 saturated heterocycles. The number of benzene rings is 1. The highest BCUT2D eigenvalue weighted by Crippen LogP contribution is 2.32. The van der Waals surface area contributed by atoms with Crippen LogP contribution in [0.3, 0.4) is 0 Å². The van der Waals surface area contributed by atoms with Crippen molar-refractivity contribution < 1.29 is 0 Å². The van der Waals surface area contributed by atoms with Crippen LogP contribution in [0.25, 0.3) is 10.9 Å². The number of hydrogen-bond donors (Lipinski definition) is 2. The summed E-state index contributed by atoms with van der Waals surface area (Å²) < 4.78 is 2.31. The van der Waals surface area contributed by atoms with Gasteiger partial charge in [0.2, 0.25) is 0 Å². The zero-order valence-electron chi connectivity index (χ0n) is 11.1. The van der Waals surface area contributed by atoms with Crippen molar-refractivity contribution in [3.8, 4) is 0 Å². The second kappa shape index (κ2) is 4.41. The van der Waals surface area contributed by atoms with Crippen LogP contribution < -0.4 is 11.1 Å². The van der Waals surface area contributed by atoms with Crippen molar-refractivity contribution in [1.82, 2.24) is 9.88 Å². The molecule has 0 bridgehead atoms. The first-order chi connectivity index (χ1) is 8.70. The maximum atomic E-state index is 5.88. The molecule has 0 spiro atoms. The average molecular weight is 243 g/mol. The number of aromatic nitrogens is 1. The largest absolute Gasteiger partial charge is 0.346 e. The van der Waals surface area contributed by atoms with Gasteiger partial charge in [0.1, 0.15) is 0 Å². The summed E-state index contributed by atoms with van der Waals surface area (Å²) in [4.78, 5) is 0. The third-order valence-corrected chi connectivity index (χ3v) is 4.21. The summed E-state index contributed by atoms with van der Waals surface area (Å²) in [6.45, 7) is 3.98. The van der Waals surface area contributed by atoms with Crippen LogP contribution in [0.5, 0.6) is 0 Å². The standard InChI is InChI=1S/C15H21N3/c1-10-3-4-13-12(7-10)8-14(18(13)2)15-11(9-16)5-6-17-15/h3-4,7-8,11,15,17H,5-6,9,16H2,1-2H3. The molecule has 3 N–H and O–H groups in total. The van der Waals surface area contributed by atoms with Gasteiger partial charge in [-0.05, 0) is 50.6 Å². The van der Waals surface area contributed by atoms with Crippen molar-refractivity contribution in [3.63, 3.8) is 0 Å². The number of aryl methyl sites for hydroxylation is 2. The number of hydrogen-bond acceptors (Lipinski definition) is 2. The van der Waals surface area contributed by atoms with Crippen molar-refractivity contribution >= 4 is 10.9 Å². The predicted octanol–water partition coefficient (Wildman–Crippen LogP) is 2.10. The first-order valence-electron chi connectivity index (χ1n) is 6.70. The lowest BCUT2D eigenvalue weighted by Crippen LogP contribution is -2.25. The molecule has 2 unspecified atom stereocenters. The average Bonchev–Trinajstić information content (AvgIpc) is 2.93. The quantitative estimate of drug-likeness (QED) is 0.848. The van der Waals surface area contributed by atoms with Crippen LogP contribution >= 0.6 is 0 Å². The van der Waals surface area contributed by atoms with Gasteiger partial charge in [0.05, 0.1) is 6.04 Å². The molecular weight excluding hydrogens is 222 g/mol. The monoisotopic (exact) mass is 243 g/mol. The molecule has 3 heteroatoms. The molecule has 1 aromatic heterocycles. The Morgan fingerprint density at radius 2 is 2.22 bits per heavy atom. The second-order valence-electron chi connectivity index (χ2n) is 5.41. The van der Waals surface area contributed by atoms with E-state index in [1.807, 2.05) is 0 Å². The van der Waals surface area contributed by atoms with Crippen LogP contribution in [0.2, 0.25) is 0 Å². The molecule has 2 atom stereocenters. The highest BCUT2D eigenvalue weighted by atomic mass is 15.0. The molecule has 0 amide bonds. The normalized spacial score (nSPS) is 23.9. The van der Waals surface area contributed by atoms with E-state index in [0.29, 0.717) is 12.0 Å². The molecule has 0 saturated carbocycles. The van der Waals surface area contributed by atoms with E-state index in [9.17, 15) is 0 Å². The summed E-state index contributed by atoms with van der Waals surface area (Å²) in [5.74, 6) is 0.564. The molecule has 2 aromatic rings. The van der Waals surface area contributed by atoms with Crippen LogP contribution in [-0.2, 0) is 7.05 Å². The van der Waals surface area contributed by atoms with E-state index in [1.165, 1.54) is 28.6 Å². The van der Waals surface area contributed by atoms with E-state index in [0.717, 1.165) is 13.1 Å². The maximum Gasteiger partial charge on any atom is 0.0516 e. The summed E-state index contributed by atoms with van der Waals surface area (Å²) in [7, 11) is 2.15. The minimum absolute atomic E-state index is 0.410. The van der Waals surface area contributed by atoms with Gasteiger partial charge in [-0.3, -0.25) is 0 Å². The Bertz CT molecular complexity index is 570. The van der Waals surface area contributed by atoms with Crippen molar-refractivity contribution in [2.75, 3.05) is 13.1 Å². The molecule has 96 valence electrons. The van der Waals surface area contributed by atoms with Gasteiger partial charge in [-0.2, -0.15) is 0 Å². The molecule has 3 nitrogen and oxygen atoms in total. The molecule has 18 heavy (non-hydrogen) atoms. The van der Waals surface area contributed by atoms with E-state index < -0.39 is 0 Å². The smallest absolute Gasteiger partial charge is 0.0516 e. The highest BCUT2D eigenvalue weighted by Gasteiger charge is 2.29. The molecule has 0 aliphatic carbocycles. The van der Waals surface area contributed by atoms with Crippen LogP contribution in [0.1, 0.15) is 23.7 Å². The van der Waals surface area contributed by atoms with E-state index in [2.05, 4.69) is 48.1 Å². The zero-order valence-corrected chi connectivity index (χ0v) is 11.1. The van der Waals surface area contributed by atoms with Gasteiger partial charge < -0.3 is 15.6 Å². The summed E-state index contributed by atoms with van der Waals surface area (Å²) >= 11 is 0. The molecular formula is C15H21N3. The van der Waals surface area contributed by atoms with Gasteiger partial charge in [-0.25, -0.2) is 0 Å². The Morgan fingerprint density at radius 3 is 3.00 bits per heavy atom. The molecule has 3 rings (SSSR count). The molecule has 0 radical (unpaired) electrons. The molecule has 1 aliphatic heterocycles. The van der Waals surface area contributed by atoms with Gasteiger partial charge in [-0.15, -0.1) is 0 Å². The SMILES string of the molecule is Cc1ccc2c(c1)cc(C1NCCC1CN)n2C. The van der Waals surface area contributed by atoms with Gasteiger partial charge in [0.15, 0.2) is 0 Å². The van der Waals surface area contributed by atoms with Gasteiger partial charge in [-0.1, -0.05) is 11.6 Å². The second-order valence-corrected chi connectivity index (χ2v) is 5.41. The molecule has 2 heterocycles. The fraction of sp³-hybridized carbons (Fsp3) is 0.467. The van der Waals surface area contributed by atoms with E-state index >= 15 is 0 Å². The minimum atomic E-state index is 0.410. The van der Waals surface area contributed by atoms with Crippen LogP contribution in [0, 0.1) is 12.8 Å². The van der Waals surface area contributed by atoms with Crippen molar-refractivity contribution in [2.45, 2.75) is 19.4 Å². The lowest BCUT2D eigenvalue weighted by Gasteiger charge is -2.19. The van der Waals surface area contributed by atoms with Gasteiger partial charge in [0.25, 0.3) is 0 Å². The number of nitrogens with two attached hydrogens (primary N) is 1. The zero-order chi connectivity index (χ0) is 12.7. The van der Waals surface area contributed by atoms with Gasteiger partial charge in [0, 0.05) is 23.6 Å². The summed E-state index contributed by atoms with van der Waals surface area (Å²) in [6.07, 6.45) is 1.18. The topological polar surface area (TPSA) is 43.0 Å². The first-order valence-corrected chi connectivity index (χ1v) is 6.70.